The Labute approximate surface area is 80.0 Å². The average Bonchev–Trinajstić information content (AvgIpc) is 2.51. The number of hydrogen-bond acceptors (Lipinski definition) is 2. The van der Waals surface area contributed by atoms with Gasteiger partial charge in [0.25, 0.3) is 0 Å². The van der Waals surface area contributed by atoms with Gasteiger partial charge in [-0.3, -0.25) is 4.79 Å². The van der Waals surface area contributed by atoms with Crippen LogP contribution in [0.5, 0.6) is 0 Å². The third-order valence-electron chi connectivity index (χ3n) is 2.49. The van der Waals surface area contributed by atoms with E-state index in [4.69, 9.17) is 4.74 Å². The van der Waals surface area contributed by atoms with E-state index in [0.717, 1.165) is 18.8 Å². The molecule has 0 fully saturated rings. The maximum absolute atomic E-state index is 11.0. The monoisotopic (exact) mass is 182 g/mol. The van der Waals surface area contributed by atoms with Gasteiger partial charge in [-0.15, -0.1) is 0 Å². The van der Waals surface area contributed by atoms with Crippen LogP contribution < -0.4 is 0 Å². The maximum atomic E-state index is 11.0. The Morgan fingerprint density at radius 2 is 2.46 bits per heavy atom. The van der Waals surface area contributed by atoms with Gasteiger partial charge in [-0.25, -0.2) is 0 Å². The van der Waals surface area contributed by atoms with Crippen molar-refractivity contribution >= 4 is 5.97 Å². The van der Waals surface area contributed by atoms with Crippen molar-refractivity contribution in [2.45, 2.75) is 46.1 Å². The molecule has 2 heteroatoms. The van der Waals surface area contributed by atoms with E-state index in [1.54, 1.807) is 0 Å². The van der Waals surface area contributed by atoms with Crippen molar-refractivity contribution in [2.24, 2.45) is 5.92 Å². The fraction of sp³-hybridized carbons (Fsp3) is 0.727. The third-order valence-corrected chi connectivity index (χ3v) is 2.49. The molecule has 0 aliphatic heterocycles. The van der Waals surface area contributed by atoms with Gasteiger partial charge in [-0.1, -0.05) is 19.9 Å². The molecule has 2 atom stereocenters. The summed E-state index contributed by atoms with van der Waals surface area (Å²) in [5.74, 6) is 0.616. The van der Waals surface area contributed by atoms with Gasteiger partial charge in [-0.2, -0.15) is 0 Å². The van der Waals surface area contributed by atoms with Crippen molar-refractivity contribution in [3.8, 4) is 0 Å². The lowest BCUT2D eigenvalue weighted by atomic mass is 10.1. The second-order valence-electron chi connectivity index (χ2n) is 3.81. The van der Waals surface area contributed by atoms with Crippen LogP contribution in [0.25, 0.3) is 0 Å². The minimum Gasteiger partial charge on any atom is -0.458 e. The van der Waals surface area contributed by atoms with Gasteiger partial charge in [0.1, 0.15) is 6.10 Å². The molecule has 13 heavy (non-hydrogen) atoms. The predicted molar refractivity (Wildman–Crippen MR) is 52.3 cm³/mol. The topological polar surface area (TPSA) is 26.3 Å². The molecule has 1 aliphatic carbocycles. The zero-order valence-electron chi connectivity index (χ0n) is 8.67. The minimum absolute atomic E-state index is 0.0163. The summed E-state index contributed by atoms with van der Waals surface area (Å²) in [7, 11) is 0. The van der Waals surface area contributed by atoms with E-state index in [9.17, 15) is 4.79 Å². The number of carbonyl (C=O) groups is 1. The normalized spacial score (nSPS) is 23.9. The van der Waals surface area contributed by atoms with Crippen molar-refractivity contribution in [1.82, 2.24) is 0 Å². The van der Waals surface area contributed by atoms with Crippen molar-refractivity contribution in [2.75, 3.05) is 0 Å². The van der Waals surface area contributed by atoms with Crippen LogP contribution in [-0.4, -0.2) is 12.1 Å². The number of rotatable bonds is 3. The molecule has 0 heterocycles. The molecule has 74 valence electrons. The summed E-state index contributed by atoms with van der Waals surface area (Å²) in [6.45, 7) is 6.00. The first kappa shape index (κ1) is 10.3. The highest BCUT2D eigenvalue weighted by Crippen LogP contribution is 2.27. The van der Waals surface area contributed by atoms with E-state index < -0.39 is 0 Å². The summed E-state index contributed by atoms with van der Waals surface area (Å²) < 4.78 is 5.22. The third kappa shape index (κ3) is 2.87. The minimum atomic E-state index is -0.104. The molecule has 0 bridgehead atoms. The Hall–Kier alpha value is -0.790. The summed E-state index contributed by atoms with van der Waals surface area (Å²) in [6, 6.07) is 0. The van der Waals surface area contributed by atoms with E-state index >= 15 is 0 Å². The molecule has 0 aromatic heterocycles. The summed E-state index contributed by atoms with van der Waals surface area (Å²) >= 11 is 0. The second-order valence-corrected chi connectivity index (χ2v) is 3.81. The van der Waals surface area contributed by atoms with Crippen LogP contribution in [0.4, 0.5) is 0 Å². The van der Waals surface area contributed by atoms with Crippen LogP contribution in [0.2, 0.25) is 0 Å². The van der Waals surface area contributed by atoms with Crippen molar-refractivity contribution in [3.05, 3.63) is 11.6 Å². The van der Waals surface area contributed by atoms with E-state index in [2.05, 4.69) is 13.0 Å². The summed E-state index contributed by atoms with van der Waals surface area (Å²) in [4.78, 5) is 11.0. The molecule has 0 radical (unpaired) electrons. The van der Waals surface area contributed by atoms with Gasteiger partial charge in [0, 0.05) is 6.42 Å². The van der Waals surface area contributed by atoms with Crippen LogP contribution in [0.15, 0.2) is 11.6 Å². The number of carbonyl (C=O) groups excluding carboxylic acids is 1. The largest absolute Gasteiger partial charge is 0.458 e. The van der Waals surface area contributed by atoms with Gasteiger partial charge in [0.2, 0.25) is 0 Å². The Bertz CT molecular complexity index is 218. The number of esters is 1. The first-order chi connectivity index (χ1) is 6.13. The lowest BCUT2D eigenvalue weighted by molar-refractivity contribution is -0.146. The van der Waals surface area contributed by atoms with Gasteiger partial charge in [-0.05, 0) is 31.3 Å². The van der Waals surface area contributed by atoms with Crippen LogP contribution in [0.1, 0.15) is 40.0 Å². The van der Waals surface area contributed by atoms with Gasteiger partial charge in [0.15, 0.2) is 0 Å². The lowest BCUT2D eigenvalue weighted by Crippen LogP contribution is -2.15. The molecule has 0 amide bonds. The highest BCUT2D eigenvalue weighted by molar-refractivity contribution is 5.69. The van der Waals surface area contributed by atoms with Gasteiger partial charge in [0.05, 0.1) is 0 Å². The average molecular weight is 182 g/mol. The summed E-state index contributed by atoms with van der Waals surface area (Å²) in [5, 5.41) is 0. The van der Waals surface area contributed by atoms with Crippen molar-refractivity contribution in [1.29, 1.82) is 0 Å². The Kier molecular flexibility index (Phi) is 3.52. The zero-order valence-corrected chi connectivity index (χ0v) is 8.67. The van der Waals surface area contributed by atoms with Crippen LogP contribution in [0, 0.1) is 5.92 Å². The van der Waals surface area contributed by atoms with Gasteiger partial charge < -0.3 is 4.74 Å². The number of hydrogen-bond donors (Lipinski definition) is 0. The molecule has 0 aromatic carbocycles. The van der Waals surface area contributed by atoms with E-state index in [0.29, 0.717) is 6.42 Å². The highest BCUT2D eigenvalue weighted by Gasteiger charge is 2.19. The van der Waals surface area contributed by atoms with Crippen molar-refractivity contribution in [3.63, 3.8) is 0 Å². The Morgan fingerprint density at radius 3 is 2.92 bits per heavy atom. The molecule has 0 N–H and O–H groups in total. The first-order valence-electron chi connectivity index (χ1n) is 5.01. The van der Waals surface area contributed by atoms with Crippen LogP contribution in [0.3, 0.4) is 0 Å². The van der Waals surface area contributed by atoms with E-state index in [-0.39, 0.29) is 12.1 Å². The molecule has 1 aliphatic rings. The molecular weight excluding hydrogens is 164 g/mol. The Morgan fingerprint density at radius 1 is 1.77 bits per heavy atom. The zero-order chi connectivity index (χ0) is 9.84. The van der Waals surface area contributed by atoms with Crippen LogP contribution in [-0.2, 0) is 9.53 Å². The van der Waals surface area contributed by atoms with E-state index in [1.807, 2.05) is 13.8 Å². The molecule has 0 aromatic rings. The highest BCUT2D eigenvalue weighted by atomic mass is 16.5. The maximum Gasteiger partial charge on any atom is 0.306 e. The number of ether oxygens (including phenoxy) is 1. The number of allylic oxidation sites excluding steroid dienone is 1. The molecular formula is C11H18O2. The summed E-state index contributed by atoms with van der Waals surface area (Å²) in [5.41, 5.74) is 1.29. The van der Waals surface area contributed by atoms with Crippen molar-refractivity contribution < 1.29 is 9.53 Å². The molecule has 2 nitrogen and oxygen atoms in total. The van der Waals surface area contributed by atoms with Gasteiger partial charge >= 0.3 is 5.97 Å². The molecule has 0 saturated heterocycles. The smallest absolute Gasteiger partial charge is 0.306 e. The first-order valence-corrected chi connectivity index (χ1v) is 5.01. The Balaban J connectivity index is 2.40. The molecule has 0 saturated carbocycles. The predicted octanol–water partition coefficient (Wildman–Crippen LogP) is 2.68. The SMILES string of the molecule is CCC(=O)OC(C)C1=CCC(C)C1. The fourth-order valence-electron chi connectivity index (χ4n) is 1.61. The second kappa shape index (κ2) is 4.45. The quantitative estimate of drug-likeness (QED) is 0.495. The lowest BCUT2D eigenvalue weighted by Gasteiger charge is -2.14. The van der Waals surface area contributed by atoms with Crippen LogP contribution >= 0.6 is 0 Å². The van der Waals surface area contributed by atoms with E-state index in [1.165, 1.54) is 5.57 Å². The molecule has 0 spiro atoms. The molecule has 1 rings (SSSR count). The molecule has 2 unspecified atom stereocenters. The standard InChI is InChI=1S/C11H18O2/c1-4-11(12)13-9(3)10-6-5-8(2)7-10/h6,8-9H,4-5,7H2,1-3H3. The fourth-order valence-corrected chi connectivity index (χ4v) is 1.61. The summed E-state index contributed by atoms with van der Waals surface area (Å²) in [6.07, 6.45) is 4.87.